The molecule has 5 rings (SSSR count). The smallest absolute Gasteiger partial charge is 0.230 e. The first-order chi connectivity index (χ1) is 15.4. The molecule has 32 heavy (non-hydrogen) atoms. The van der Waals surface area contributed by atoms with Crippen LogP contribution in [-0.4, -0.2) is 51.1 Å². The molecule has 2 fully saturated rings. The molecule has 0 aromatic carbocycles. The lowest BCUT2D eigenvalue weighted by Crippen LogP contribution is -2.55. The summed E-state index contributed by atoms with van der Waals surface area (Å²) in [6, 6.07) is 1.81. The van der Waals surface area contributed by atoms with E-state index >= 15 is 0 Å². The maximum atomic E-state index is 14.5. The van der Waals surface area contributed by atoms with Crippen LogP contribution in [-0.2, 0) is 9.53 Å². The fraction of sp³-hybridized carbons (Fsp3) is 0.455. The molecular formula is C22H24ClFN6O2. The number of nitrogens with zero attached hydrogens (tertiary/aromatic N) is 3. The van der Waals surface area contributed by atoms with E-state index in [9.17, 15) is 9.18 Å². The first-order valence-corrected chi connectivity index (χ1v) is 11.1. The summed E-state index contributed by atoms with van der Waals surface area (Å²) < 4.78 is 19.7. The number of fused-ring (bicyclic) bond motifs is 1. The second-order valence-electron chi connectivity index (χ2n) is 8.87. The molecule has 0 radical (unpaired) electrons. The highest BCUT2D eigenvalue weighted by atomic mass is 35.5. The van der Waals surface area contributed by atoms with Gasteiger partial charge in [-0.3, -0.25) is 4.79 Å². The van der Waals surface area contributed by atoms with Gasteiger partial charge in [0.1, 0.15) is 5.65 Å². The molecule has 1 saturated carbocycles. The van der Waals surface area contributed by atoms with Crippen molar-refractivity contribution in [1.82, 2.24) is 25.3 Å². The van der Waals surface area contributed by atoms with Gasteiger partial charge >= 0.3 is 0 Å². The van der Waals surface area contributed by atoms with Crippen LogP contribution in [0.1, 0.15) is 32.6 Å². The van der Waals surface area contributed by atoms with E-state index in [0.29, 0.717) is 41.7 Å². The fourth-order valence-corrected chi connectivity index (χ4v) is 4.46. The number of pyridine rings is 1. The zero-order valence-corrected chi connectivity index (χ0v) is 18.4. The average Bonchev–Trinajstić information content (AvgIpc) is 3.17. The molecule has 8 nitrogen and oxygen atoms in total. The second-order valence-corrected chi connectivity index (χ2v) is 9.31. The zero-order valence-electron chi connectivity index (χ0n) is 17.6. The Hall–Kier alpha value is -2.78. The molecule has 3 aromatic heterocycles. The van der Waals surface area contributed by atoms with Crippen LogP contribution in [0.3, 0.4) is 0 Å². The lowest BCUT2D eigenvalue weighted by Gasteiger charge is -2.39. The topological polar surface area (TPSA) is 105 Å². The number of hydrogen-bond acceptors (Lipinski definition) is 6. The standard InChI is InChI=1S/C22H24ClFN6O2/c1-22(10-32-11-22)21(31)29-14-4-2-3-13(6-14)28-20-17(24)9-27-19(30-20)16-8-26-18-15(16)5-12(23)7-25-18/h5,7-9,13-14H,2-4,6,10-11H2,1H3,(H,25,26)(H,29,31)(H,27,28,30)/t13-,14+/m1/s1. The Balaban J connectivity index is 1.31. The summed E-state index contributed by atoms with van der Waals surface area (Å²) in [7, 11) is 0. The summed E-state index contributed by atoms with van der Waals surface area (Å²) in [6.07, 6.45) is 7.87. The van der Waals surface area contributed by atoms with Gasteiger partial charge in [-0.1, -0.05) is 11.6 Å². The van der Waals surface area contributed by atoms with Crippen molar-refractivity contribution < 1.29 is 13.9 Å². The van der Waals surface area contributed by atoms with Crippen molar-refractivity contribution in [1.29, 1.82) is 0 Å². The van der Waals surface area contributed by atoms with Crippen molar-refractivity contribution in [3.05, 3.63) is 35.5 Å². The number of rotatable bonds is 5. The van der Waals surface area contributed by atoms with Crippen molar-refractivity contribution in [3.63, 3.8) is 0 Å². The molecule has 1 saturated heterocycles. The average molecular weight is 459 g/mol. The molecule has 10 heteroatoms. The van der Waals surface area contributed by atoms with Crippen molar-refractivity contribution in [2.45, 2.75) is 44.7 Å². The van der Waals surface area contributed by atoms with Crippen LogP contribution >= 0.6 is 11.6 Å². The lowest BCUT2D eigenvalue weighted by molar-refractivity contribution is -0.158. The quantitative estimate of drug-likeness (QED) is 0.538. The molecule has 1 aliphatic heterocycles. The lowest BCUT2D eigenvalue weighted by atomic mass is 9.85. The number of nitrogens with one attached hydrogen (secondary N) is 3. The summed E-state index contributed by atoms with van der Waals surface area (Å²) in [5.41, 5.74) is 0.913. The van der Waals surface area contributed by atoms with E-state index in [-0.39, 0.29) is 23.8 Å². The van der Waals surface area contributed by atoms with E-state index in [4.69, 9.17) is 16.3 Å². The zero-order chi connectivity index (χ0) is 22.3. The predicted octanol–water partition coefficient (Wildman–Crippen LogP) is 3.69. The maximum absolute atomic E-state index is 14.5. The molecule has 4 heterocycles. The van der Waals surface area contributed by atoms with E-state index in [1.54, 1.807) is 18.5 Å². The number of carbonyl (C=O) groups is 1. The molecule has 3 N–H and O–H groups in total. The minimum atomic E-state index is -0.518. The summed E-state index contributed by atoms with van der Waals surface area (Å²) in [5.74, 6) is 0.0324. The number of H-pyrrole nitrogens is 1. The van der Waals surface area contributed by atoms with Gasteiger partial charge in [0.2, 0.25) is 5.91 Å². The second kappa shape index (κ2) is 8.29. The Labute approximate surface area is 189 Å². The van der Waals surface area contributed by atoms with Gasteiger partial charge in [0, 0.05) is 35.4 Å². The third-order valence-corrected chi connectivity index (χ3v) is 6.43. The number of hydrogen-bond donors (Lipinski definition) is 3. The fourth-order valence-electron chi connectivity index (χ4n) is 4.31. The van der Waals surface area contributed by atoms with Gasteiger partial charge in [-0.2, -0.15) is 0 Å². The largest absolute Gasteiger partial charge is 0.379 e. The Morgan fingerprint density at radius 1 is 1.28 bits per heavy atom. The molecule has 3 aromatic rings. The van der Waals surface area contributed by atoms with Gasteiger partial charge in [0.15, 0.2) is 17.5 Å². The highest BCUT2D eigenvalue weighted by molar-refractivity contribution is 6.31. The van der Waals surface area contributed by atoms with E-state index < -0.39 is 11.2 Å². The summed E-state index contributed by atoms with van der Waals surface area (Å²) in [6.45, 7) is 2.82. The van der Waals surface area contributed by atoms with Crippen LogP contribution in [0.15, 0.2) is 24.7 Å². The molecule has 0 unspecified atom stereocenters. The summed E-state index contributed by atoms with van der Waals surface area (Å²) >= 11 is 6.08. The van der Waals surface area contributed by atoms with Crippen LogP contribution in [0, 0.1) is 11.2 Å². The van der Waals surface area contributed by atoms with E-state index in [2.05, 4.69) is 30.6 Å². The molecule has 1 amide bonds. The van der Waals surface area contributed by atoms with Gasteiger partial charge in [0.05, 0.1) is 29.8 Å². The van der Waals surface area contributed by atoms with Crippen molar-refractivity contribution in [2.75, 3.05) is 18.5 Å². The van der Waals surface area contributed by atoms with Gasteiger partial charge in [0.25, 0.3) is 0 Å². The van der Waals surface area contributed by atoms with Gasteiger partial charge in [-0.05, 0) is 38.7 Å². The van der Waals surface area contributed by atoms with Crippen LogP contribution < -0.4 is 10.6 Å². The van der Waals surface area contributed by atoms with Gasteiger partial charge in [-0.15, -0.1) is 0 Å². The van der Waals surface area contributed by atoms with Gasteiger partial charge in [-0.25, -0.2) is 19.3 Å². The van der Waals surface area contributed by atoms with Crippen LogP contribution in [0.25, 0.3) is 22.4 Å². The first-order valence-electron chi connectivity index (χ1n) is 10.7. The first kappa shape index (κ1) is 21.1. The van der Waals surface area contributed by atoms with E-state index in [1.807, 2.05) is 6.92 Å². The number of carbonyl (C=O) groups excluding carboxylic acids is 1. The van der Waals surface area contributed by atoms with E-state index in [1.165, 1.54) is 6.20 Å². The Bertz CT molecular complexity index is 1160. The number of anilines is 1. The van der Waals surface area contributed by atoms with Crippen LogP contribution in [0.2, 0.25) is 5.02 Å². The minimum absolute atomic E-state index is 0.00386. The summed E-state index contributed by atoms with van der Waals surface area (Å²) in [4.78, 5) is 28.4. The predicted molar refractivity (Wildman–Crippen MR) is 119 cm³/mol. The van der Waals surface area contributed by atoms with Crippen molar-refractivity contribution >= 4 is 34.4 Å². The van der Waals surface area contributed by atoms with Gasteiger partial charge < -0.3 is 20.4 Å². The normalized spacial score (nSPS) is 22.3. The van der Waals surface area contributed by atoms with E-state index in [0.717, 1.165) is 24.6 Å². The minimum Gasteiger partial charge on any atom is -0.379 e. The third kappa shape index (κ3) is 4.02. The molecule has 2 atom stereocenters. The molecule has 0 bridgehead atoms. The van der Waals surface area contributed by atoms with Crippen molar-refractivity contribution in [3.8, 4) is 11.4 Å². The number of halogens is 2. The Morgan fingerprint density at radius 3 is 2.88 bits per heavy atom. The Morgan fingerprint density at radius 2 is 2.09 bits per heavy atom. The Kier molecular flexibility index (Phi) is 5.46. The number of aromatic amines is 1. The highest BCUT2D eigenvalue weighted by Gasteiger charge is 2.42. The van der Waals surface area contributed by atoms with Crippen LogP contribution in [0.4, 0.5) is 10.2 Å². The molecule has 2 aliphatic rings. The summed E-state index contributed by atoms with van der Waals surface area (Å²) in [5, 5.41) is 7.63. The number of ether oxygens (including phenoxy) is 1. The monoisotopic (exact) mass is 458 g/mol. The SMILES string of the molecule is CC1(C(=O)N[C@H]2CCC[C@@H](Nc3nc(-c4c[nH]c5ncc(Cl)cc45)ncc3F)C2)COC1. The number of amides is 1. The van der Waals surface area contributed by atoms with Crippen molar-refractivity contribution in [2.24, 2.45) is 5.41 Å². The third-order valence-electron chi connectivity index (χ3n) is 6.22. The molecular weight excluding hydrogens is 435 g/mol. The molecule has 0 spiro atoms. The maximum Gasteiger partial charge on any atom is 0.230 e. The molecule has 1 aliphatic carbocycles. The molecule has 168 valence electrons. The highest BCUT2D eigenvalue weighted by Crippen LogP contribution is 2.30. The number of aromatic nitrogens is 4. The van der Waals surface area contributed by atoms with Crippen LogP contribution in [0.5, 0.6) is 0 Å².